The van der Waals surface area contributed by atoms with Crippen LogP contribution in [0.4, 0.5) is 0 Å². The zero-order valence-corrected chi connectivity index (χ0v) is 6.39. The Labute approximate surface area is 61.4 Å². The molecule has 0 aromatic rings. The van der Waals surface area contributed by atoms with Crippen molar-refractivity contribution in [2.45, 2.75) is 12.8 Å². The first-order valence-corrected chi connectivity index (χ1v) is 3.77. The summed E-state index contributed by atoms with van der Waals surface area (Å²) in [7, 11) is 1.93. The fourth-order valence-corrected chi connectivity index (χ4v) is 1.04. The Kier molecular flexibility index (Phi) is 2.68. The lowest BCUT2D eigenvalue weighted by Gasteiger charge is -2.30. The van der Waals surface area contributed by atoms with Gasteiger partial charge in [0.15, 0.2) is 0 Å². The van der Waals surface area contributed by atoms with Crippen LogP contribution in [0, 0.1) is 0 Å². The van der Waals surface area contributed by atoms with E-state index in [1.807, 2.05) is 11.9 Å². The first kappa shape index (κ1) is 7.54. The molecule has 3 heteroatoms. The summed E-state index contributed by atoms with van der Waals surface area (Å²) in [5.41, 5.74) is 0. The van der Waals surface area contributed by atoms with Crippen LogP contribution in [0.3, 0.4) is 0 Å². The lowest BCUT2D eigenvalue weighted by Crippen LogP contribution is -2.44. The van der Waals surface area contributed by atoms with Crippen LogP contribution in [-0.2, 0) is 4.79 Å². The third-order valence-electron chi connectivity index (χ3n) is 1.80. The van der Waals surface area contributed by atoms with E-state index in [1.54, 1.807) is 0 Å². The highest BCUT2D eigenvalue weighted by molar-refractivity contribution is 5.81. The SMILES string of the molecule is CNCCCN1CCC1=O. The number of nitrogens with zero attached hydrogens (tertiary/aromatic N) is 1. The topological polar surface area (TPSA) is 32.3 Å². The van der Waals surface area contributed by atoms with Crippen molar-refractivity contribution in [1.29, 1.82) is 0 Å². The minimum atomic E-state index is 0.316. The fourth-order valence-electron chi connectivity index (χ4n) is 1.04. The highest BCUT2D eigenvalue weighted by Gasteiger charge is 2.21. The Morgan fingerprint density at radius 1 is 1.70 bits per heavy atom. The summed E-state index contributed by atoms with van der Waals surface area (Å²) in [6.07, 6.45) is 1.84. The van der Waals surface area contributed by atoms with E-state index in [-0.39, 0.29) is 0 Å². The number of carbonyl (C=O) groups is 1. The van der Waals surface area contributed by atoms with Crippen molar-refractivity contribution in [3.63, 3.8) is 0 Å². The number of hydrogen-bond acceptors (Lipinski definition) is 2. The number of nitrogens with one attached hydrogen (secondary N) is 1. The van der Waals surface area contributed by atoms with Crippen LogP contribution < -0.4 is 5.32 Å². The Morgan fingerprint density at radius 2 is 2.50 bits per heavy atom. The average molecular weight is 142 g/mol. The molecule has 1 aliphatic heterocycles. The van der Waals surface area contributed by atoms with Gasteiger partial charge in [-0.1, -0.05) is 0 Å². The molecule has 10 heavy (non-hydrogen) atoms. The maximum absolute atomic E-state index is 10.7. The van der Waals surface area contributed by atoms with Crippen LogP contribution in [0.1, 0.15) is 12.8 Å². The van der Waals surface area contributed by atoms with E-state index in [0.29, 0.717) is 5.91 Å². The normalized spacial score (nSPS) is 17.3. The molecule has 0 radical (unpaired) electrons. The second-order valence-corrected chi connectivity index (χ2v) is 2.59. The van der Waals surface area contributed by atoms with E-state index >= 15 is 0 Å². The minimum Gasteiger partial charge on any atom is -0.342 e. The van der Waals surface area contributed by atoms with Crippen molar-refractivity contribution in [3.05, 3.63) is 0 Å². The minimum absolute atomic E-state index is 0.316. The lowest BCUT2D eigenvalue weighted by atomic mass is 10.2. The van der Waals surface area contributed by atoms with Crippen molar-refractivity contribution in [3.8, 4) is 0 Å². The largest absolute Gasteiger partial charge is 0.342 e. The molecule has 0 aromatic carbocycles. The van der Waals surface area contributed by atoms with Gasteiger partial charge in [-0.2, -0.15) is 0 Å². The second-order valence-electron chi connectivity index (χ2n) is 2.59. The fraction of sp³-hybridized carbons (Fsp3) is 0.857. The van der Waals surface area contributed by atoms with Gasteiger partial charge < -0.3 is 10.2 Å². The van der Waals surface area contributed by atoms with Crippen LogP contribution in [0.25, 0.3) is 0 Å². The van der Waals surface area contributed by atoms with Gasteiger partial charge in [-0.25, -0.2) is 0 Å². The summed E-state index contributed by atoms with van der Waals surface area (Å²) < 4.78 is 0. The van der Waals surface area contributed by atoms with Crippen molar-refractivity contribution in [1.82, 2.24) is 10.2 Å². The van der Waals surface area contributed by atoms with E-state index in [2.05, 4.69) is 5.32 Å². The molecular formula is C7H14N2O. The molecule has 1 heterocycles. The molecule has 0 saturated carbocycles. The molecule has 58 valence electrons. The molecular weight excluding hydrogens is 128 g/mol. The van der Waals surface area contributed by atoms with E-state index < -0.39 is 0 Å². The van der Waals surface area contributed by atoms with Gasteiger partial charge in [0.1, 0.15) is 0 Å². The van der Waals surface area contributed by atoms with Gasteiger partial charge in [-0.05, 0) is 20.0 Å². The molecule has 1 N–H and O–H groups in total. The number of rotatable bonds is 4. The van der Waals surface area contributed by atoms with Gasteiger partial charge in [-0.15, -0.1) is 0 Å². The lowest BCUT2D eigenvalue weighted by molar-refractivity contribution is -0.139. The number of likely N-dealkylation sites (tertiary alicyclic amines) is 1. The van der Waals surface area contributed by atoms with Gasteiger partial charge in [0, 0.05) is 19.5 Å². The monoisotopic (exact) mass is 142 g/mol. The summed E-state index contributed by atoms with van der Waals surface area (Å²) in [6.45, 7) is 2.91. The van der Waals surface area contributed by atoms with Crippen LogP contribution >= 0.6 is 0 Å². The van der Waals surface area contributed by atoms with Gasteiger partial charge in [0.2, 0.25) is 5.91 Å². The molecule has 1 fully saturated rings. The number of amides is 1. The maximum Gasteiger partial charge on any atom is 0.224 e. The number of carbonyl (C=O) groups excluding carboxylic acids is 1. The number of hydrogen-bond donors (Lipinski definition) is 1. The van der Waals surface area contributed by atoms with Gasteiger partial charge in [-0.3, -0.25) is 4.79 Å². The standard InChI is InChI=1S/C7H14N2O/c1-8-4-2-5-9-6-3-7(9)10/h8H,2-6H2,1H3. The quantitative estimate of drug-likeness (QED) is 0.436. The third kappa shape index (κ3) is 1.70. The van der Waals surface area contributed by atoms with Gasteiger partial charge >= 0.3 is 0 Å². The van der Waals surface area contributed by atoms with Crippen molar-refractivity contribution in [2.75, 3.05) is 26.7 Å². The third-order valence-corrected chi connectivity index (χ3v) is 1.80. The molecule has 1 amide bonds. The van der Waals surface area contributed by atoms with Gasteiger partial charge in [0.25, 0.3) is 0 Å². The summed E-state index contributed by atoms with van der Waals surface area (Å²) in [4.78, 5) is 12.6. The van der Waals surface area contributed by atoms with E-state index in [4.69, 9.17) is 0 Å². The number of β-lactam (4-membered cyclic amide) rings is 1. The smallest absolute Gasteiger partial charge is 0.224 e. The Bertz CT molecular complexity index is 125. The van der Waals surface area contributed by atoms with E-state index in [0.717, 1.165) is 32.5 Å². The first-order valence-electron chi connectivity index (χ1n) is 3.77. The molecule has 0 aliphatic carbocycles. The zero-order valence-electron chi connectivity index (χ0n) is 6.39. The molecule has 1 saturated heterocycles. The van der Waals surface area contributed by atoms with Crippen LogP contribution in [0.15, 0.2) is 0 Å². The van der Waals surface area contributed by atoms with E-state index in [1.165, 1.54) is 0 Å². The summed E-state index contributed by atoms with van der Waals surface area (Å²) in [6, 6.07) is 0. The zero-order chi connectivity index (χ0) is 7.40. The highest BCUT2D eigenvalue weighted by Crippen LogP contribution is 2.07. The molecule has 0 atom stereocenters. The van der Waals surface area contributed by atoms with Crippen LogP contribution in [-0.4, -0.2) is 37.5 Å². The molecule has 0 aromatic heterocycles. The second kappa shape index (κ2) is 3.56. The molecule has 3 nitrogen and oxygen atoms in total. The molecule has 1 rings (SSSR count). The van der Waals surface area contributed by atoms with E-state index in [9.17, 15) is 4.79 Å². The molecule has 0 bridgehead atoms. The summed E-state index contributed by atoms with van der Waals surface area (Å²) in [5.74, 6) is 0.316. The average Bonchev–Trinajstić information content (AvgIpc) is 1.95. The van der Waals surface area contributed by atoms with Crippen LogP contribution in [0.2, 0.25) is 0 Å². The maximum atomic E-state index is 10.7. The van der Waals surface area contributed by atoms with Gasteiger partial charge in [0.05, 0.1) is 0 Å². The first-order chi connectivity index (χ1) is 4.84. The molecule has 1 aliphatic rings. The van der Waals surface area contributed by atoms with Crippen molar-refractivity contribution in [2.24, 2.45) is 0 Å². The van der Waals surface area contributed by atoms with Crippen LogP contribution in [0.5, 0.6) is 0 Å². The summed E-state index contributed by atoms with van der Waals surface area (Å²) in [5, 5.41) is 3.05. The Hall–Kier alpha value is -0.570. The van der Waals surface area contributed by atoms with Crippen molar-refractivity contribution < 1.29 is 4.79 Å². The predicted molar refractivity (Wildman–Crippen MR) is 39.7 cm³/mol. The highest BCUT2D eigenvalue weighted by atomic mass is 16.2. The predicted octanol–water partition coefficient (Wildman–Crippen LogP) is -0.172. The Morgan fingerprint density at radius 3 is 2.90 bits per heavy atom. The molecule has 0 unspecified atom stereocenters. The Balaban J connectivity index is 1.98. The molecule has 0 spiro atoms. The van der Waals surface area contributed by atoms with Crippen molar-refractivity contribution >= 4 is 5.91 Å². The summed E-state index contributed by atoms with van der Waals surface area (Å²) >= 11 is 0.